The third kappa shape index (κ3) is 7.22. The molecule has 27 heavy (non-hydrogen) atoms. The molecule has 0 N–H and O–H groups in total. The molecular formula is C19H25BrF3NO2S. The van der Waals surface area contributed by atoms with Gasteiger partial charge in [-0.25, -0.2) is 4.79 Å². The highest BCUT2D eigenvalue weighted by molar-refractivity contribution is 9.10. The van der Waals surface area contributed by atoms with Gasteiger partial charge in [0.2, 0.25) is 0 Å². The molecule has 0 unspecified atom stereocenters. The lowest BCUT2D eigenvalue weighted by Crippen LogP contribution is -2.41. The van der Waals surface area contributed by atoms with Gasteiger partial charge in [-0.1, -0.05) is 15.9 Å². The molecule has 0 bridgehead atoms. The van der Waals surface area contributed by atoms with Crippen LogP contribution in [0.5, 0.6) is 0 Å². The Labute approximate surface area is 171 Å². The van der Waals surface area contributed by atoms with Crippen molar-refractivity contribution in [2.45, 2.75) is 56.7 Å². The van der Waals surface area contributed by atoms with Gasteiger partial charge in [-0.3, -0.25) is 0 Å². The van der Waals surface area contributed by atoms with Crippen LogP contribution in [0.4, 0.5) is 18.0 Å². The van der Waals surface area contributed by atoms with Crippen LogP contribution < -0.4 is 0 Å². The smallest absolute Gasteiger partial charge is 0.417 e. The van der Waals surface area contributed by atoms with E-state index in [2.05, 4.69) is 15.9 Å². The van der Waals surface area contributed by atoms with Gasteiger partial charge in [0.25, 0.3) is 0 Å². The summed E-state index contributed by atoms with van der Waals surface area (Å²) in [4.78, 5) is 14.0. The van der Waals surface area contributed by atoms with Gasteiger partial charge in [0.05, 0.1) is 5.56 Å². The summed E-state index contributed by atoms with van der Waals surface area (Å²) in [7, 11) is 0. The van der Waals surface area contributed by atoms with Crippen LogP contribution in [0, 0.1) is 5.92 Å². The van der Waals surface area contributed by atoms with Crippen LogP contribution in [-0.2, 0) is 10.9 Å². The molecule has 1 aliphatic rings. The topological polar surface area (TPSA) is 29.5 Å². The second-order valence-electron chi connectivity index (χ2n) is 7.69. The molecule has 0 aliphatic carbocycles. The van der Waals surface area contributed by atoms with E-state index in [1.54, 1.807) is 11.0 Å². The van der Waals surface area contributed by atoms with Crippen molar-refractivity contribution in [3.05, 3.63) is 28.2 Å². The normalized spacial score (nSPS) is 16.5. The van der Waals surface area contributed by atoms with Crippen molar-refractivity contribution in [3.8, 4) is 0 Å². The van der Waals surface area contributed by atoms with E-state index in [4.69, 9.17) is 4.74 Å². The van der Waals surface area contributed by atoms with E-state index in [-0.39, 0.29) is 11.0 Å². The quantitative estimate of drug-likeness (QED) is 0.467. The number of likely N-dealkylation sites (tertiary alicyclic amines) is 1. The number of halogens is 4. The number of rotatable bonds is 4. The van der Waals surface area contributed by atoms with Gasteiger partial charge in [-0.05, 0) is 69.9 Å². The van der Waals surface area contributed by atoms with E-state index in [9.17, 15) is 18.0 Å². The standard InChI is InChI=1S/C19H25BrF3NO2S/c1-18(2,3)26-17(25)24-9-6-13(7-10-24)8-11-27-16-5-4-14(20)12-15(16)19(21,22)23/h4-5,12-13H,6-11H2,1-3H3. The van der Waals surface area contributed by atoms with Gasteiger partial charge in [0, 0.05) is 22.5 Å². The first-order valence-corrected chi connectivity index (χ1v) is 10.7. The average molecular weight is 468 g/mol. The molecule has 0 aromatic heterocycles. The number of hydrogen-bond donors (Lipinski definition) is 0. The number of hydrogen-bond acceptors (Lipinski definition) is 3. The molecule has 0 radical (unpaired) electrons. The number of carbonyl (C=O) groups excluding carboxylic acids is 1. The molecule has 0 spiro atoms. The molecular weight excluding hydrogens is 443 g/mol. The second kappa shape index (κ2) is 9.07. The third-order valence-electron chi connectivity index (χ3n) is 4.30. The molecule has 3 nitrogen and oxygen atoms in total. The Morgan fingerprint density at radius 1 is 1.26 bits per heavy atom. The molecule has 0 saturated carbocycles. The van der Waals surface area contributed by atoms with Gasteiger partial charge in [-0.15, -0.1) is 11.8 Å². The number of thioether (sulfide) groups is 1. The minimum atomic E-state index is -4.36. The first kappa shape index (κ1) is 22.4. The van der Waals surface area contributed by atoms with Crippen LogP contribution in [0.2, 0.25) is 0 Å². The minimum Gasteiger partial charge on any atom is -0.444 e. The van der Waals surface area contributed by atoms with E-state index in [0.717, 1.165) is 25.3 Å². The van der Waals surface area contributed by atoms with E-state index in [1.807, 2.05) is 20.8 Å². The molecule has 1 heterocycles. The van der Waals surface area contributed by atoms with Crippen molar-refractivity contribution in [1.29, 1.82) is 0 Å². The molecule has 1 saturated heterocycles. The average Bonchev–Trinajstić information content (AvgIpc) is 2.54. The zero-order valence-electron chi connectivity index (χ0n) is 15.7. The SMILES string of the molecule is CC(C)(C)OC(=O)N1CCC(CCSc2ccc(Br)cc2C(F)(F)F)CC1. The molecule has 1 aliphatic heterocycles. The zero-order chi connectivity index (χ0) is 20.2. The Morgan fingerprint density at radius 2 is 1.89 bits per heavy atom. The molecule has 152 valence electrons. The molecule has 1 amide bonds. The van der Waals surface area contributed by atoms with Gasteiger partial charge < -0.3 is 9.64 Å². The largest absolute Gasteiger partial charge is 0.444 e. The van der Waals surface area contributed by atoms with Gasteiger partial charge >= 0.3 is 12.3 Å². The van der Waals surface area contributed by atoms with Crippen molar-refractivity contribution in [3.63, 3.8) is 0 Å². The summed E-state index contributed by atoms with van der Waals surface area (Å²) in [5.41, 5.74) is -1.10. The zero-order valence-corrected chi connectivity index (χ0v) is 18.1. The van der Waals surface area contributed by atoms with Crippen LogP contribution in [0.3, 0.4) is 0 Å². The van der Waals surface area contributed by atoms with E-state index < -0.39 is 17.3 Å². The monoisotopic (exact) mass is 467 g/mol. The fraction of sp³-hybridized carbons (Fsp3) is 0.632. The highest BCUT2D eigenvalue weighted by Gasteiger charge is 2.34. The van der Waals surface area contributed by atoms with Crippen LogP contribution in [-0.4, -0.2) is 35.4 Å². The van der Waals surface area contributed by atoms with Crippen LogP contribution in [0.15, 0.2) is 27.6 Å². The minimum absolute atomic E-state index is 0.261. The van der Waals surface area contributed by atoms with Crippen LogP contribution in [0.1, 0.15) is 45.6 Å². The van der Waals surface area contributed by atoms with Crippen molar-refractivity contribution in [2.75, 3.05) is 18.8 Å². The number of carbonyl (C=O) groups is 1. The number of nitrogens with zero attached hydrogens (tertiary/aromatic N) is 1. The van der Waals surface area contributed by atoms with Crippen LogP contribution in [0.25, 0.3) is 0 Å². The Kier molecular flexibility index (Phi) is 7.53. The Bertz CT molecular complexity index is 653. The fourth-order valence-electron chi connectivity index (χ4n) is 2.92. The summed E-state index contributed by atoms with van der Waals surface area (Å²) in [5, 5.41) is 0. The Morgan fingerprint density at radius 3 is 2.44 bits per heavy atom. The lowest BCUT2D eigenvalue weighted by Gasteiger charge is -2.33. The maximum atomic E-state index is 13.2. The molecule has 1 aromatic carbocycles. The molecule has 0 atom stereocenters. The van der Waals surface area contributed by atoms with Crippen LogP contribution >= 0.6 is 27.7 Å². The summed E-state index contributed by atoms with van der Waals surface area (Å²) in [6.45, 7) is 6.79. The Balaban J connectivity index is 1.81. The molecule has 1 fully saturated rings. The maximum Gasteiger partial charge on any atom is 0.417 e. The summed E-state index contributed by atoms with van der Waals surface area (Å²) in [6, 6.07) is 4.28. The predicted molar refractivity (Wildman–Crippen MR) is 105 cm³/mol. The van der Waals surface area contributed by atoms with Crippen molar-refractivity contribution in [2.24, 2.45) is 5.92 Å². The maximum absolute atomic E-state index is 13.2. The first-order valence-electron chi connectivity index (χ1n) is 8.93. The summed E-state index contributed by atoms with van der Waals surface area (Å²) >= 11 is 4.35. The highest BCUT2D eigenvalue weighted by atomic mass is 79.9. The molecule has 8 heteroatoms. The number of benzene rings is 1. The highest BCUT2D eigenvalue weighted by Crippen LogP contribution is 2.39. The fourth-order valence-corrected chi connectivity index (χ4v) is 4.44. The number of alkyl halides is 3. The number of ether oxygens (including phenoxy) is 1. The van der Waals surface area contributed by atoms with E-state index >= 15 is 0 Å². The van der Waals surface area contributed by atoms with E-state index in [1.165, 1.54) is 17.8 Å². The molecule has 1 aromatic rings. The molecule has 2 rings (SSSR count). The summed E-state index contributed by atoms with van der Waals surface area (Å²) < 4.78 is 45.3. The van der Waals surface area contributed by atoms with Gasteiger partial charge in [0.1, 0.15) is 5.60 Å². The van der Waals surface area contributed by atoms with Gasteiger partial charge in [-0.2, -0.15) is 13.2 Å². The lowest BCUT2D eigenvalue weighted by molar-refractivity contribution is -0.139. The second-order valence-corrected chi connectivity index (χ2v) is 9.74. The van der Waals surface area contributed by atoms with Crippen molar-refractivity contribution < 1.29 is 22.7 Å². The van der Waals surface area contributed by atoms with Crippen molar-refractivity contribution in [1.82, 2.24) is 4.90 Å². The predicted octanol–water partition coefficient (Wildman–Crippen LogP) is 6.60. The van der Waals surface area contributed by atoms with E-state index in [0.29, 0.717) is 29.2 Å². The lowest BCUT2D eigenvalue weighted by atomic mass is 9.95. The first-order chi connectivity index (χ1) is 12.5. The number of piperidine rings is 1. The summed E-state index contributed by atoms with van der Waals surface area (Å²) in [5.74, 6) is 1.04. The Hall–Kier alpha value is -0.890. The number of amides is 1. The third-order valence-corrected chi connectivity index (χ3v) is 5.90. The summed E-state index contributed by atoms with van der Waals surface area (Å²) in [6.07, 6.45) is -2.11. The van der Waals surface area contributed by atoms with Crippen molar-refractivity contribution >= 4 is 33.8 Å². The van der Waals surface area contributed by atoms with Gasteiger partial charge in [0.15, 0.2) is 0 Å².